The van der Waals surface area contributed by atoms with Gasteiger partial charge in [0, 0.05) is 17.5 Å². The summed E-state index contributed by atoms with van der Waals surface area (Å²) in [5, 5.41) is 3.74. The highest BCUT2D eigenvalue weighted by molar-refractivity contribution is 5.69. The van der Waals surface area contributed by atoms with E-state index in [4.69, 9.17) is 9.26 Å². The first-order valence-corrected chi connectivity index (χ1v) is 8.22. The summed E-state index contributed by atoms with van der Waals surface area (Å²) in [4.78, 5) is 15.9. The molecule has 1 aromatic heterocycles. The van der Waals surface area contributed by atoms with Crippen molar-refractivity contribution in [1.82, 2.24) is 10.1 Å². The number of benzene rings is 2. The van der Waals surface area contributed by atoms with Gasteiger partial charge in [-0.2, -0.15) is 18.2 Å². The highest BCUT2D eigenvalue weighted by atomic mass is 19.4. The zero-order valence-electron chi connectivity index (χ0n) is 14.4. The molecule has 0 spiro atoms. The van der Waals surface area contributed by atoms with Crippen LogP contribution >= 0.6 is 0 Å². The fraction of sp³-hybridized carbons (Fsp3) is 0.211. The Morgan fingerprint density at radius 2 is 1.79 bits per heavy atom. The van der Waals surface area contributed by atoms with Crippen molar-refractivity contribution in [3.8, 4) is 11.4 Å². The van der Waals surface area contributed by atoms with Gasteiger partial charge in [-0.05, 0) is 30.3 Å². The fourth-order valence-electron chi connectivity index (χ4n) is 2.43. The first-order valence-electron chi connectivity index (χ1n) is 8.22. The van der Waals surface area contributed by atoms with E-state index in [1.165, 1.54) is 42.5 Å². The lowest BCUT2D eigenvalue weighted by Gasteiger charge is -2.12. The van der Waals surface area contributed by atoms with Gasteiger partial charge in [-0.3, -0.25) is 4.79 Å². The van der Waals surface area contributed by atoms with Crippen LogP contribution < -0.4 is 0 Å². The van der Waals surface area contributed by atoms with Crippen molar-refractivity contribution in [2.75, 3.05) is 0 Å². The molecule has 2 aromatic carbocycles. The lowest BCUT2D eigenvalue weighted by molar-refractivity contribution is -0.147. The molecule has 0 bridgehead atoms. The normalized spacial score (nSPS) is 11.4. The van der Waals surface area contributed by atoms with Crippen molar-refractivity contribution in [3.05, 3.63) is 71.4 Å². The first-order chi connectivity index (χ1) is 13.3. The summed E-state index contributed by atoms with van der Waals surface area (Å²) >= 11 is 0. The van der Waals surface area contributed by atoms with Crippen LogP contribution in [0.25, 0.3) is 11.4 Å². The highest BCUT2D eigenvalue weighted by Crippen LogP contribution is 2.32. The number of esters is 1. The molecule has 5 nitrogen and oxygen atoms in total. The number of aryl methyl sites for hydroxylation is 1. The molecule has 28 heavy (non-hydrogen) atoms. The van der Waals surface area contributed by atoms with Crippen molar-refractivity contribution < 1.29 is 31.6 Å². The second kappa shape index (κ2) is 8.20. The van der Waals surface area contributed by atoms with Crippen molar-refractivity contribution in [2.45, 2.75) is 25.6 Å². The lowest BCUT2D eigenvalue weighted by Crippen LogP contribution is -2.12. The van der Waals surface area contributed by atoms with E-state index >= 15 is 0 Å². The largest absolute Gasteiger partial charge is 0.461 e. The minimum atomic E-state index is -4.52. The number of rotatable bonds is 6. The van der Waals surface area contributed by atoms with Crippen LogP contribution in [0.5, 0.6) is 0 Å². The summed E-state index contributed by atoms with van der Waals surface area (Å²) in [6, 6.07) is 10.4. The van der Waals surface area contributed by atoms with Crippen LogP contribution in [0.4, 0.5) is 17.6 Å². The Kier molecular flexibility index (Phi) is 5.72. The van der Waals surface area contributed by atoms with Gasteiger partial charge < -0.3 is 9.26 Å². The molecule has 0 radical (unpaired) electrons. The second-order valence-corrected chi connectivity index (χ2v) is 5.83. The Morgan fingerprint density at radius 1 is 1.07 bits per heavy atom. The summed E-state index contributed by atoms with van der Waals surface area (Å²) in [6.07, 6.45) is -4.60. The molecule has 0 aliphatic heterocycles. The van der Waals surface area contributed by atoms with E-state index in [1.54, 1.807) is 0 Å². The molecule has 146 valence electrons. The maximum Gasteiger partial charge on any atom is 0.416 e. The van der Waals surface area contributed by atoms with Crippen LogP contribution in [0.3, 0.4) is 0 Å². The summed E-state index contributed by atoms with van der Waals surface area (Å²) in [5.41, 5.74) is -0.425. The molecule has 0 saturated heterocycles. The summed E-state index contributed by atoms with van der Waals surface area (Å²) < 4.78 is 61.6. The molecule has 0 fully saturated rings. The third kappa shape index (κ3) is 4.93. The zero-order valence-corrected chi connectivity index (χ0v) is 14.4. The van der Waals surface area contributed by atoms with E-state index in [1.807, 2.05) is 0 Å². The van der Waals surface area contributed by atoms with Gasteiger partial charge in [-0.1, -0.05) is 23.4 Å². The van der Waals surface area contributed by atoms with Crippen LogP contribution in [0.2, 0.25) is 0 Å². The Labute approximate surface area is 156 Å². The van der Waals surface area contributed by atoms with E-state index in [2.05, 4.69) is 10.1 Å². The second-order valence-electron chi connectivity index (χ2n) is 5.83. The average Bonchev–Trinajstić information content (AvgIpc) is 3.14. The van der Waals surface area contributed by atoms with Gasteiger partial charge in [0.1, 0.15) is 12.4 Å². The number of alkyl halides is 3. The van der Waals surface area contributed by atoms with Crippen LogP contribution in [-0.2, 0) is 28.7 Å². The maximum atomic E-state index is 12.9. The molecule has 0 aliphatic carbocycles. The predicted molar refractivity (Wildman–Crippen MR) is 89.3 cm³/mol. The number of nitrogens with zero attached hydrogens (tertiary/aromatic N) is 2. The van der Waals surface area contributed by atoms with E-state index in [-0.39, 0.29) is 30.1 Å². The quantitative estimate of drug-likeness (QED) is 0.453. The molecule has 3 aromatic rings. The van der Waals surface area contributed by atoms with Gasteiger partial charge in [0.2, 0.25) is 11.7 Å². The first kappa shape index (κ1) is 19.5. The Bertz CT molecular complexity index is 952. The Balaban J connectivity index is 1.54. The number of carbonyl (C=O) groups is 1. The van der Waals surface area contributed by atoms with Gasteiger partial charge in [0.25, 0.3) is 0 Å². The van der Waals surface area contributed by atoms with Crippen molar-refractivity contribution in [2.24, 2.45) is 0 Å². The number of aromatic nitrogens is 2. The van der Waals surface area contributed by atoms with E-state index < -0.39 is 30.1 Å². The third-order valence-electron chi connectivity index (χ3n) is 3.82. The lowest BCUT2D eigenvalue weighted by atomic mass is 10.1. The van der Waals surface area contributed by atoms with Crippen LogP contribution in [-0.4, -0.2) is 16.1 Å². The molecular formula is C19H14F4N2O3. The van der Waals surface area contributed by atoms with Crippen molar-refractivity contribution in [3.63, 3.8) is 0 Å². The smallest absolute Gasteiger partial charge is 0.416 e. The van der Waals surface area contributed by atoms with Crippen LogP contribution in [0.15, 0.2) is 53.1 Å². The molecule has 0 atom stereocenters. The molecule has 0 amide bonds. The number of carbonyl (C=O) groups excluding carboxylic acids is 1. The number of hydrogen-bond donors (Lipinski definition) is 0. The molecule has 1 heterocycles. The van der Waals surface area contributed by atoms with E-state index in [0.29, 0.717) is 5.56 Å². The maximum absolute atomic E-state index is 12.9. The number of ether oxygens (including phenoxy) is 1. The SMILES string of the molecule is O=C(CCc1nc(-c2ccc(F)cc2)no1)OCc1ccccc1C(F)(F)F. The standard InChI is InChI=1S/C19H14F4N2O3/c20-14-7-5-12(6-8-14)18-24-16(28-25-18)9-10-17(26)27-11-13-3-1-2-4-15(13)19(21,22)23/h1-8H,9-11H2. The molecule has 0 saturated carbocycles. The topological polar surface area (TPSA) is 65.2 Å². The molecule has 3 rings (SSSR count). The molecule has 0 N–H and O–H groups in total. The zero-order chi connectivity index (χ0) is 20.1. The molecule has 0 aliphatic rings. The van der Waals surface area contributed by atoms with Crippen LogP contribution in [0, 0.1) is 5.82 Å². The fourth-order valence-corrected chi connectivity index (χ4v) is 2.43. The number of hydrogen-bond acceptors (Lipinski definition) is 5. The summed E-state index contributed by atoms with van der Waals surface area (Å²) in [7, 11) is 0. The summed E-state index contributed by atoms with van der Waals surface area (Å²) in [6.45, 7) is -0.487. The molecular weight excluding hydrogens is 380 g/mol. The van der Waals surface area contributed by atoms with Gasteiger partial charge in [-0.15, -0.1) is 0 Å². The minimum Gasteiger partial charge on any atom is -0.461 e. The van der Waals surface area contributed by atoms with E-state index in [9.17, 15) is 22.4 Å². The minimum absolute atomic E-state index is 0.0634. The monoisotopic (exact) mass is 394 g/mol. The average molecular weight is 394 g/mol. The van der Waals surface area contributed by atoms with E-state index in [0.717, 1.165) is 6.07 Å². The highest BCUT2D eigenvalue weighted by Gasteiger charge is 2.33. The summed E-state index contributed by atoms with van der Waals surface area (Å²) in [5.74, 6) is -0.699. The number of halogens is 4. The van der Waals surface area contributed by atoms with Gasteiger partial charge >= 0.3 is 12.1 Å². The molecule has 9 heteroatoms. The van der Waals surface area contributed by atoms with Crippen molar-refractivity contribution >= 4 is 5.97 Å². The van der Waals surface area contributed by atoms with Gasteiger partial charge in [0.05, 0.1) is 12.0 Å². The predicted octanol–water partition coefficient (Wildman–Crippen LogP) is 4.57. The van der Waals surface area contributed by atoms with Crippen LogP contribution in [0.1, 0.15) is 23.4 Å². The Hall–Kier alpha value is -3.23. The Morgan fingerprint density at radius 3 is 2.50 bits per heavy atom. The third-order valence-corrected chi connectivity index (χ3v) is 3.82. The van der Waals surface area contributed by atoms with Gasteiger partial charge in [0.15, 0.2) is 0 Å². The van der Waals surface area contributed by atoms with Crippen molar-refractivity contribution in [1.29, 1.82) is 0 Å². The van der Waals surface area contributed by atoms with Gasteiger partial charge in [-0.25, -0.2) is 4.39 Å². The molecule has 0 unspecified atom stereocenters.